The molecular formula is C18H15IN2O2. The number of anilines is 1. The highest BCUT2D eigenvalue weighted by Gasteiger charge is 2.11. The fourth-order valence-corrected chi connectivity index (χ4v) is 2.69. The number of hydrogen-bond acceptors (Lipinski definition) is 3. The molecule has 0 saturated carbocycles. The molecule has 23 heavy (non-hydrogen) atoms. The van der Waals surface area contributed by atoms with Gasteiger partial charge in [0, 0.05) is 20.9 Å². The molecule has 0 aliphatic carbocycles. The molecule has 0 atom stereocenters. The highest BCUT2D eigenvalue weighted by Crippen LogP contribution is 2.20. The van der Waals surface area contributed by atoms with E-state index in [4.69, 9.17) is 4.52 Å². The van der Waals surface area contributed by atoms with Crippen molar-refractivity contribution in [2.45, 2.75) is 13.3 Å². The lowest BCUT2D eigenvalue weighted by Crippen LogP contribution is -2.14. The lowest BCUT2D eigenvalue weighted by molar-refractivity contribution is -0.115. The second-order valence-corrected chi connectivity index (χ2v) is 6.40. The molecule has 1 amide bonds. The molecule has 0 unspecified atom stereocenters. The minimum atomic E-state index is -0.113. The molecule has 0 spiro atoms. The number of carbonyl (C=O) groups excluding carboxylic acids is 1. The van der Waals surface area contributed by atoms with Crippen molar-refractivity contribution in [2.75, 3.05) is 5.32 Å². The Bertz CT molecular complexity index is 828. The van der Waals surface area contributed by atoms with E-state index in [-0.39, 0.29) is 12.3 Å². The summed E-state index contributed by atoms with van der Waals surface area (Å²) in [7, 11) is 0. The van der Waals surface area contributed by atoms with Crippen LogP contribution in [-0.4, -0.2) is 11.1 Å². The number of aromatic nitrogens is 1. The first kappa shape index (κ1) is 15.7. The maximum Gasteiger partial charge on any atom is 0.230 e. The number of nitrogens with zero attached hydrogens (tertiary/aromatic N) is 1. The second kappa shape index (κ2) is 6.95. The van der Waals surface area contributed by atoms with Gasteiger partial charge in [-0.25, -0.2) is 0 Å². The van der Waals surface area contributed by atoms with Crippen molar-refractivity contribution in [1.29, 1.82) is 0 Å². The predicted molar refractivity (Wildman–Crippen MR) is 98.2 cm³/mol. The number of rotatable bonds is 4. The molecule has 0 aliphatic rings. The van der Waals surface area contributed by atoms with E-state index in [0.717, 1.165) is 14.8 Å². The minimum Gasteiger partial charge on any atom is -0.356 e. The quantitative estimate of drug-likeness (QED) is 0.638. The summed E-state index contributed by atoms with van der Waals surface area (Å²) in [6.45, 7) is 2.04. The Balaban J connectivity index is 1.66. The summed E-state index contributed by atoms with van der Waals surface area (Å²) in [4.78, 5) is 12.1. The van der Waals surface area contributed by atoms with Crippen LogP contribution in [0.25, 0.3) is 11.3 Å². The van der Waals surface area contributed by atoms with Gasteiger partial charge in [0.15, 0.2) is 5.76 Å². The second-order valence-electron chi connectivity index (χ2n) is 5.24. The molecule has 2 aromatic carbocycles. The summed E-state index contributed by atoms with van der Waals surface area (Å²) in [5.74, 6) is 0.552. The first-order valence-corrected chi connectivity index (χ1v) is 8.27. The highest BCUT2D eigenvalue weighted by molar-refractivity contribution is 14.1. The number of amides is 1. The van der Waals surface area contributed by atoms with Gasteiger partial charge in [-0.2, -0.15) is 0 Å². The van der Waals surface area contributed by atoms with Gasteiger partial charge in [0.05, 0.1) is 12.1 Å². The van der Waals surface area contributed by atoms with Crippen LogP contribution < -0.4 is 5.32 Å². The van der Waals surface area contributed by atoms with E-state index in [1.807, 2.05) is 55.5 Å². The van der Waals surface area contributed by atoms with Crippen molar-refractivity contribution in [3.05, 3.63) is 69.4 Å². The van der Waals surface area contributed by atoms with Crippen molar-refractivity contribution < 1.29 is 9.32 Å². The maximum absolute atomic E-state index is 12.1. The Morgan fingerprint density at radius 1 is 1.17 bits per heavy atom. The van der Waals surface area contributed by atoms with Crippen LogP contribution in [0.2, 0.25) is 0 Å². The molecule has 116 valence electrons. The van der Waals surface area contributed by atoms with Gasteiger partial charge in [-0.05, 0) is 47.2 Å². The van der Waals surface area contributed by atoms with Crippen LogP contribution in [0, 0.1) is 10.5 Å². The van der Waals surface area contributed by atoms with Gasteiger partial charge in [-0.1, -0.05) is 41.6 Å². The van der Waals surface area contributed by atoms with Crippen LogP contribution in [0.15, 0.2) is 59.1 Å². The molecular weight excluding hydrogens is 403 g/mol. The third-order valence-electron chi connectivity index (χ3n) is 3.41. The van der Waals surface area contributed by atoms with Crippen LogP contribution in [0.1, 0.15) is 11.3 Å². The molecule has 0 radical (unpaired) electrons. The zero-order chi connectivity index (χ0) is 16.2. The van der Waals surface area contributed by atoms with Gasteiger partial charge in [-0.15, -0.1) is 0 Å². The van der Waals surface area contributed by atoms with Crippen LogP contribution in [-0.2, 0) is 11.2 Å². The zero-order valence-electron chi connectivity index (χ0n) is 12.5. The Labute approximate surface area is 148 Å². The lowest BCUT2D eigenvalue weighted by Gasteiger charge is -2.05. The summed E-state index contributed by atoms with van der Waals surface area (Å²) in [5, 5.41) is 6.85. The van der Waals surface area contributed by atoms with Crippen molar-refractivity contribution in [1.82, 2.24) is 5.16 Å². The Kier molecular flexibility index (Phi) is 4.76. The van der Waals surface area contributed by atoms with Gasteiger partial charge in [-0.3, -0.25) is 4.79 Å². The predicted octanol–water partition coefficient (Wildman–Crippen LogP) is 4.44. The van der Waals surface area contributed by atoms with Gasteiger partial charge in [0.1, 0.15) is 0 Å². The van der Waals surface area contributed by atoms with Crippen molar-refractivity contribution in [3.63, 3.8) is 0 Å². The molecule has 4 nitrogen and oxygen atoms in total. The highest BCUT2D eigenvalue weighted by atomic mass is 127. The molecule has 1 N–H and O–H groups in total. The average molecular weight is 418 g/mol. The Morgan fingerprint density at radius 2 is 1.96 bits per heavy atom. The smallest absolute Gasteiger partial charge is 0.230 e. The summed E-state index contributed by atoms with van der Waals surface area (Å²) in [6.07, 6.45) is 0.181. The number of hydrogen-bond donors (Lipinski definition) is 1. The van der Waals surface area contributed by atoms with E-state index in [0.29, 0.717) is 11.5 Å². The van der Waals surface area contributed by atoms with Crippen molar-refractivity contribution in [2.24, 2.45) is 0 Å². The number of halogens is 1. The average Bonchev–Trinajstić information content (AvgIpc) is 3.00. The summed E-state index contributed by atoms with van der Waals surface area (Å²) in [6, 6.07) is 17.3. The molecule has 0 bridgehead atoms. The third-order valence-corrected chi connectivity index (χ3v) is 4.58. The van der Waals surface area contributed by atoms with Gasteiger partial charge in [0.2, 0.25) is 5.91 Å². The summed E-state index contributed by atoms with van der Waals surface area (Å²) in [5.41, 5.74) is 3.53. The van der Waals surface area contributed by atoms with E-state index < -0.39 is 0 Å². The van der Waals surface area contributed by atoms with Crippen LogP contribution in [0.4, 0.5) is 5.69 Å². The van der Waals surface area contributed by atoms with Gasteiger partial charge in [0.25, 0.3) is 0 Å². The number of nitrogens with one attached hydrogen (secondary N) is 1. The third kappa shape index (κ3) is 3.98. The largest absolute Gasteiger partial charge is 0.356 e. The monoisotopic (exact) mass is 418 g/mol. The van der Waals surface area contributed by atoms with Crippen molar-refractivity contribution in [3.8, 4) is 11.3 Å². The van der Waals surface area contributed by atoms with E-state index >= 15 is 0 Å². The molecule has 0 aliphatic heterocycles. The lowest BCUT2D eigenvalue weighted by atomic mass is 10.1. The number of carbonyl (C=O) groups is 1. The maximum atomic E-state index is 12.1. The van der Waals surface area contributed by atoms with Gasteiger partial charge < -0.3 is 9.84 Å². The molecule has 1 heterocycles. The van der Waals surface area contributed by atoms with Crippen LogP contribution in [0.3, 0.4) is 0 Å². The summed E-state index contributed by atoms with van der Waals surface area (Å²) >= 11 is 2.25. The topological polar surface area (TPSA) is 55.1 Å². The van der Waals surface area contributed by atoms with E-state index in [1.54, 1.807) is 6.07 Å². The fraction of sp³-hybridized carbons (Fsp3) is 0.111. The molecule has 3 aromatic rings. The Hall–Kier alpha value is -2.15. The van der Waals surface area contributed by atoms with E-state index in [9.17, 15) is 4.79 Å². The first-order valence-electron chi connectivity index (χ1n) is 7.19. The molecule has 0 saturated heterocycles. The number of benzene rings is 2. The normalized spacial score (nSPS) is 10.5. The molecule has 3 rings (SSSR count). The van der Waals surface area contributed by atoms with Crippen LogP contribution >= 0.6 is 22.6 Å². The van der Waals surface area contributed by atoms with E-state index in [2.05, 4.69) is 33.1 Å². The van der Waals surface area contributed by atoms with Gasteiger partial charge >= 0.3 is 0 Å². The first-order chi connectivity index (χ1) is 11.1. The molecule has 0 fully saturated rings. The summed E-state index contributed by atoms with van der Waals surface area (Å²) < 4.78 is 6.42. The van der Waals surface area contributed by atoms with E-state index in [1.165, 1.54) is 5.56 Å². The zero-order valence-corrected chi connectivity index (χ0v) is 14.7. The minimum absolute atomic E-state index is 0.113. The van der Waals surface area contributed by atoms with Crippen LogP contribution in [0.5, 0.6) is 0 Å². The Morgan fingerprint density at radius 3 is 2.70 bits per heavy atom. The van der Waals surface area contributed by atoms with Crippen molar-refractivity contribution >= 4 is 34.2 Å². The SMILES string of the molecule is Cc1ccc(NC(=O)Cc2cc(-c3ccccc3)on2)cc1I. The standard InChI is InChI=1S/C18H15IN2O2/c1-12-7-8-14(9-16(12)19)20-18(22)11-15-10-17(23-21-15)13-5-3-2-4-6-13/h2-10H,11H2,1H3,(H,20,22). The molecule has 1 aromatic heterocycles. The fourth-order valence-electron chi connectivity index (χ4n) is 2.17. The molecule has 5 heteroatoms. The number of aryl methyl sites for hydroxylation is 1.